The first-order valence-corrected chi connectivity index (χ1v) is 2.80. The third-order valence-corrected chi connectivity index (χ3v) is 1.20. The Labute approximate surface area is 49.8 Å². The third kappa shape index (κ3) is 1.94. The zero-order valence-corrected chi connectivity index (χ0v) is 5.26. The van der Waals surface area contributed by atoms with E-state index in [0.29, 0.717) is 6.42 Å². The molecule has 0 fully saturated rings. The van der Waals surface area contributed by atoms with Gasteiger partial charge in [-0.05, 0) is 13.3 Å². The zero-order valence-electron chi connectivity index (χ0n) is 5.26. The second-order valence-corrected chi connectivity index (χ2v) is 1.89. The van der Waals surface area contributed by atoms with E-state index in [0.717, 1.165) is 0 Å². The Bertz CT molecular complexity index is 95.2. The molecule has 0 aromatic carbocycles. The molecular formula is C6H11NO. The molecule has 2 atom stereocenters. The van der Waals surface area contributed by atoms with Gasteiger partial charge in [0, 0.05) is 0 Å². The summed E-state index contributed by atoms with van der Waals surface area (Å²) >= 11 is 0. The molecule has 0 heterocycles. The van der Waals surface area contributed by atoms with E-state index in [4.69, 9.17) is 10.4 Å². The van der Waals surface area contributed by atoms with E-state index >= 15 is 0 Å². The quantitative estimate of drug-likeness (QED) is 0.578. The monoisotopic (exact) mass is 113 g/mol. The van der Waals surface area contributed by atoms with E-state index in [1.165, 1.54) is 0 Å². The Hall–Kier alpha value is -0.550. The summed E-state index contributed by atoms with van der Waals surface area (Å²) in [5.74, 6) is -0.222. The molecule has 0 radical (unpaired) electrons. The molecule has 0 aromatic heterocycles. The van der Waals surface area contributed by atoms with E-state index in [1.54, 1.807) is 6.92 Å². The van der Waals surface area contributed by atoms with Crippen LogP contribution in [-0.4, -0.2) is 11.2 Å². The molecule has 2 nitrogen and oxygen atoms in total. The molecule has 0 saturated heterocycles. The van der Waals surface area contributed by atoms with Gasteiger partial charge in [0.05, 0.1) is 18.1 Å². The lowest BCUT2D eigenvalue weighted by Gasteiger charge is -2.06. The van der Waals surface area contributed by atoms with E-state index in [-0.39, 0.29) is 5.92 Å². The number of nitrogens with zero attached hydrogens (tertiary/aromatic N) is 1. The largest absolute Gasteiger partial charge is 0.392 e. The molecule has 8 heavy (non-hydrogen) atoms. The highest BCUT2D eigenvalue weighted by molar-refractivity contribution is 4.83. The van der Waals surface area contributed by atoms with Crippen LogP contribution in [0.15, 0.2) is 0 Å². The highest BCUT2D eigenvalue weighted by Crippen LogP contribution is 2.03. The summed E-state index contributed by atoms with van der Waals surface area (Å²) in [4.78, 5) is 0. The Morgan fingerprint density at radius 2 is 2.25 bits per heavy atom. The first kappa shape index (κ1) is 7.45. The van der Waals surface area contributed by atoms with Gasteiger partial charge in [0.25, 0.3) is 0 Å². The lowest BCUT2D eigenvalue weighted by molar-refractivity contribution is 0.136. The van der Waals surface area contributed by atoms with E-state index < -0.39 is 6.10 Å². The SMILES string of the molecule is CC[C@@H](O)[C@H](C)C#N. The van der Waals surface area contributed by atoms with Crippen LogP contribution in [0.4, 0.5) is 0 Å². The molecular weight excluding hydrogens is 102 g/mol. The van der Waals surface area contributed by atoms with Crippen LogP contribution in [0.3, 0.4) is 0 Å². The molecule has 0 aliphatic heterocycles. The summed E-state index contributed by atoms with van der Waals surface area (Å²) in [5.41, 5.74) is 0. The third-order valence-electron chi connectivity index (χ3n) is 1.20. The summed E-state index contributed by atoms with van der Waals surface area (Å²) in [6, 6.07) is 1.97. The van der Waals surface area contributed by atoms with Crippen molar-refractivity contribution < 1.29 is 5.11 Å². The lowest BCUT2D eigenvalue weighted by atomic mass is 10.1. The van der Waals surface area contributed by atoms with Crippen molar-refractivity contribution in [2.75, 3.05) is 0 Å². The van der Waals surface area contributed by atoms with Gasteiger partial charge in [-0.15, -0.1) is 0 Å². The first-order chi connectivity index (χ1) is 3.72. The van der Waals surface area contributed by atoms with Crippen molar-refractivity contribution in [3.8, 4) is 6.07 Å². The summed E-state index contributed by atoms with van der Waals surface area (Å²) in [5, 5.41) is 17.1. The predicted molar refractivity (Wildman–Crippen MR) is 31.1 cm³/mol. The Morgan fingerprint density at radius 3 is 2.38 bits per heavy atom. The average Bonchev–Trinajstić information content (AvgIpc) is 1.84. The van der Waals surface area contributed by atoms with E-state index in [9.17, 15) is 0 Å². The molecule has 0 aromatic rings. The lowest BCUT2D eigenvalue weighted by Crippen LogP contribution is -2.13. The minimum Gasteiger partial charge on any atom is -0.392 e. The second-order valence-electron chi connectivity index (χ2n) is 1.89. The van der Waals surface area contributed by atoms with Crippen molar-refractivity contribution >= 4 is 0 Å². The Balaban J connectivity index is 3.49. The van der Waals surface area contributed by atoms with Crippen LogP contribution in [0.2, 0.25) is 0 Å². The molecule has 0 spiro atoms. The fourth-order valence-electron chi connectivity index (χ4n) is 0.440. The molecule has 0 aliphatic rings. The smallest absolute Gasteiger partial charge is 0.0694 e. The molecule has 0 unspecified atom stereocenters. The predicted octanol–water partition coefficient (Wildman–Crippen LogP) is 0.917. The maximum Gasteiger partial charge on any atom is 0.0694 e. The van der Waals surface area contributed by atoms with Crippen LogP contribution in [0.5, 0.6) is 0 Å². The number of rotatable bonds is 2. The summed E-state index contributed by atoms with van der Waals surface area (Å²) < 4.78 is 0. The van der Waals surface area contributed by atoms with Crippen LogP contribution in [0, 0.1) is 17.2 Å². The Morgan fingerprint density at radius 1 is 1.75 bits per heavy atom. The van der Waals surface area contributed by atoms with Crippen LogP contribution < -0.4 is 0 Å². The van der Waals surface area contributed by atoms with Crippen molar-refractivity contribution in [2.45, 2.75) is 26.4 Å². The second kappa shape index (κ2) is 3.45. The minimum atomic E-state index is -0.444. The fraction of sp³-hybridized carbons (Fsp3) is 0.833. The highest BCUT2D eigenvalue weighted by Gasteiger charge is 2.08. The van der Waals surface area contributed by atoms with Gasteiger partial charge in [-0.3, -0.25) is 0 Å². The number of aliphatic hydroxyl groups is 1. The van der Waals surface area contributed by atoms with Crippen LogP contribution >= 0.6 is 0 Å². The van der Waals surface area contributed by atoms with Gasteiger partial charge in [-0.2, -0.15) is 5.26 Å². The van der Waals surface area contributed by atoms with Gasteiger partial charge in [0.2, 0.25) is 0 Å². The van der Waals surface area contributed by atoms with Crippen molar-refractivity contribution in [1.82, 2.24) is 0 Å². The minimum absolute atomic E-state index is 0.222. The van der Waals surface area contributed by atoms with Gasteiger partial charge in [0.1, 0.15) is 0 Å². The van der Waals surface area contributed by atoms with Gasteiger partial charge in [-0.25, -0.2) is 0 Å². The Kier molecular flexibility index (Phi) is 3.21. The van der Waals surface area contributed by atoms with Gasteiger partial charge >= 0.3 is 0 Å². The molecule has 0 rings (SSSR count). The van der Waals surface area contributed by atoms with Crippen molar-refractivity contribution in [1.29, 1.82) is 5.26 Å². The fourth-order valence-corrected chi connectivity index (χ4v) is 0.440. The normalized spacial score (nSPS) is 16.8. The van der Waals surface area contributed by atoms with Crippen LogP contribution in [0.25, 0.3) is 0 Å². The van der Waals surface area contributed by atoms with Crippen molar-refractivity contribution in [3.05, 3.63) is 0 Å². The van der Waals surface area contributed by atoms with Crippen molar-refractivity contribution in [2.24, 2.45) is 5.92 Å². The average molecular weight is 113 g/mol. The summed E-state index contributed by atoms with van der Waals surface area (Å²) in [6.07, 6.45) is 0.217. The molecule has 0 saturated carbocycles. The zero-order chi connectivity index (χ0) is 6.57. The van der Waals surface area contributed by atoms with Gasteiger partial charge < -0.3 is 5.11 Å². The number of aliphatic hydroxyl groups excluding tert-OH is 1. The number of nitriles is 1. The van der Waals surface area contributed by atoms with Crippen LogP contribution in [-0.2, 0) is 0 Å². The van der Waals surface area contributed by atoms with Crippen molar-refractivity contribution in [3.63, 3.8) is 0 Å². The molecule has 1 N–H and O–H groups in total. The standard InChI is InChI=1S/C6H11NO/c1-3-6(8)5(2)4-7/h5-6,8H,3H2,1-2H3/t5-,6-/m1/s1. The van der Waals surface area contributed by atoms with E-state index in [1.807, 2.05) is 13.0 Å². The highest BCUT2D eigenvalue weighted by atomic mass is 16.3. The summed E-state index contributed by atoms with van der Waals surface area (Å²) in [6.45, 7) is 3.58. The van der Waals surface area contributed by atoms with Gasteiger partial charge in [-0.1, -0.05) is 6.92 Å². The van der Waals surface area contributed by atoms with E-state index in [2.05, 4.69) is 0 Å². The molecule has 0 aliphatic carbocycles. The molecule has 0 amide bonds. The van der Waals surface area contributed by atoms with Crippen LogP contribution in [0.1, 0.15) is 20.3 Å². The first-order valence-electron chi connectivity index (χ1n) is 2.80. The summed E-state index contributed by atoms with van der Waals surface area (Å²) in [7, 11) is 0. The maximum absolute atomic E-state index is 8.90. The molecule has 2 heteroatoms. The topological polar surface area (TPSA) is 44.0 Å². The molecule has 0 bridgehead atoms. The molecule has 46 valence electrons. The number of hydrogen-bond acceptors (Lipinski definition) is 2. The van der Waals surface area contributed by atoms with Gasteiger partial charge in [0.15, 0.2) is 0 Å². The number of hydrogen-bond donors (Lipinski definition) is 1. The maximum atomic E-state index is 8.90.